The van der Waals surface area contributed by atoms with Crippen LogP contribution in [0.15, 0.2) is 24.3 Å². The summed E-state index contributed by atoms with van der Waals surface area (Å²) in [6, 6.07) is 1.98. The average molecular weight is 303 g/mol. The molecule has 1 aromatic rings. The van der Waals surface area contributed by atoms with E-state index in [0.29, 0.717) is 12.1 Å². The molecular weight excluding hydrogens is 294 g/mol. The van der Waals surface area contributed by atoms with Gasteiger partial charge in [0.2, 0.25) is 0 Å². The summed E-state index contributed by atoms with van der Waals surface area (Å²) < 4.78 is 76.2. The molecule has 106 valence electrons. The van der Waals surface area contributed by atoms with E-state index in [0.717, 1.165) is 12.1 Å². The molecule has 0 amide bonds. The molecule has 0 fully saturated rings. The second-order valence-corrected chi connectivity index (χ2v) is 4.02. The maximum absolute atomic E-state index is 12.7. The van der Waals surface area contributed by atoms with Gasteiger partial charge in [-0.3, -0.25) is 0 Å². The maximum atomic E-state index is 12.7. The summed E-state index contributed by atoms with van der Waals surface area (Å²) in [5.41, 5.74) is -3.51. The van der Waals surface area contributed by atoms with Crippen molar-refractivity contribution in [3.8, 4) is 0 Å². The van der Waals surface area contributed by atoms with Gasteiger partial charge in [0.1, 0.15) is 0 Å². The molecule has 19 heavy (non-hydrogen) atoms. The zero-order chi connectivity index (χ0) is 14.7. The van der Waals surface area contributed by atoms with E-state index in [1.54, 1.807) is 0 Å². The molecule has 0 N–H and O–H groups in total. The van der Waals surface area contributed by atoms with E-state index in [-0.39, 0.29) is 12.3 Å². The molecule has 0 unspecified atom stereocenters. The van der Waals surface area contributed by atoms with Crippen molar-refractivity contribution in [3.05, 3.63) is 41.0 Å². The zero-order valence-electron chi connectivity index (χ0n) is 9.45. The van der Waals surface area contributed by atoms with E-state index in [4.69, 9.17) is 11.6 Å². The van der Waals surface area contributed by atoms with Crippen LogP contribution in [0.2, 0.25) is 0 Å². The van der Waals surface area contributed by atoms with Crippen LogP contribution in [0.1, 0.15) is 23.1 Å². The Morgan fingerprint density at radius 3 is 1.79 bits per heavy atom. The molecule has 0 aliphatic rings. The number of hydrogen-bond acceptors (Lipinski definition) is 0. The van der Waals surface area contributed by atoms with Gasteiger partial charge in [-0.2, -0.15) is 26.3 Å². The van der Waals surface area contributed by atoms with E-state index in [1.807, 2.05) is 0 Å². The lowest BCUT2D eigenvalue weighted by Gasteiger charge is -2.16. The Morgan fingerprint density at radius 2 is 1.42 bits per heavy atom. The van der Waals surface area contributed by atoms with Gasteiger partial charge in [0.15, 0.2) is 0 Å². The first-order valence-corrected chi connectivity index (χ1v) is 5.71. The summed E-state index contributed by atoms with van der Waals surface area (Å²) >= 11 is 5.33. The molecule has 0 heterocycles. The zero-order valence-corrected chi connectivity index (χ0v) is 10.2. The van der Waals surface area contributed by atoms with Gasteiger partial charge >= 0.3 is 12.4 Å². The molecule has 0 saturated carbocycles. The summed E-state index contributed by atoms with van der Waals surface area (Å²) in [7, 11) is 0. The van der Waals surface area contributed by atoms with Crippen molar-refractivity contribution in [1.82, 2.24) is 0 Å². The molecule has 0 aromatic heterocycles. The third-order valence-electron chi connectivity index (χ3n) is 2.28. The van der Waals surface area contributed by atoms with Gasteiger partial charge in [0, 0.05) is 5.88 Å². The lowest BCUT2D eigenvalue weighted by atomic mass is 9.99. The minimum atomic E-state index is -4.85. The highest BCUT2D eigenvalue weighted by atomic mass is 35.5. The van der Waals surface area contributed by atoms with Crippen molar-refractivity contribution in [2.45, 2.75) is 18.8 Å². The number of halogens is 7. The topological polar surface area (TPSA) is 0 Å². The second-order valence-electron chi connectivity index (χ2n) is 3.64. The van der Waals surface area contributed by atoms with Crippen molar-refractivity contribution >= 4 is 17.7 Å². The minimum absolute atomic E-state index is 0.117. The van der Waals surface area contributed by atoms with Crippen LogP contribution in [0.3, 0.4) is 0 Å². The van der Waals surface area contributed by atoms with Crippen LogP contribution in [-0.2, 0) is 12.4 Å². The third kappa shape index (κ3) is 4.16. The third-order valence-corrected chi connectivity index (χ3v) is 2.50. The first kappa shape index (κ1) is 15.9. The van der Waals surface area contributed by atoms with Crippen molar-refractivity contribution in [1.29, 1.82) is 0 Å². The Hall–Kier alpha value is -1.17. The summed E-state index contributed by atoms with van der Waals surface area (Å²) in [6.45, 7) is 0. The van der Waals surface area contributed by atoms with Crippen LogP contribution in [-0.4, -0.2) is 5.88 Å². The van der Waals surface area contributed by atoms with Gasteiger partial charge in [-0.15, -0.1) is 11.6 Å². The number of allylic oxidation sites excluding steroid dienone is 1. The van der Waals surface area contributed by atoms with Crippen LogP contribution in [0, 0.1) is 0 Å². The van der Waals surface area contributed by atoms with E-state index in [9.17, 15) is 26.3 Å². The number of benzene rings is 1. The molecule has 0 saturated heterocycles. The van der Waals surface area contributed by atoms with E-state index in [2.05, 4.69) is 0 Å². The molecule has 0 nitrogen and oxygen atoms in total. The van der Waals surface area contributed by atoms with E-state index < -0.39 is 29.0 Å². The highest BCUT2D eigenvalue weighted by Gasteiger charge is 2.39. The minimum Gasteiger partial charge on any atom is -0.166 e. The van der Waals surface area contributed by atoms with Gasteiger partial charge in [0.05, 0.1) is 11.1 Å². The molecule has 0 atom stereocenters. The Kier molecular flexibility index (Phi) is 4.90. The molecule has 0 aliphatic heterocycles. The molecular formula is C12H9ClF6. The van der Waals surface area contributed by atoms with E-state index in [1.165, 1.54) is 6.08 Å². The Labute approximate surface area is 110 Å². The van der Waals surface area contributed by atoms with Crippen LogP contribution in [0.4, 0.5) is 26.3 Å². The smallest absolute Gasteiger partial charge is 0.166 e. The fraction of sp³-hybridized carbons (Fsp3) is 0.333. The summed E-state index contributed by atoms with van der Waals surface area (Å²) in [5.74, 6) is 0.117. The lowest BCUT2D eigenvalue weighted by molar-refractivity contribution is -0.143. The predicted molar refractivity (Wildman–Crippen MR) is 60.8 cm³/mol. The second kappa shape index (κ2) is 5.86. The molecule has 0 spiro atoms. The van der Waals surface area contributed by atoms with Crippen molar-refractivity contribution in [2.24, 2.45) is 0 Å². The fourth-order valence-electron chi connectivity index (χ4n) is 1.50. The Balaban J connectivity index is 3.41. The largest absolute Gasteiger partial charge is 0.417 e. The van der Waals surface area contributed by atoms with Crippen molar-refractivity contribution in [3.63, 3.8) is 0 Å². The first-order valence-electron chi connectivity index (χ1n) is 5.18. The molecule has 0 bridgehead atoms. The summed E-state index contributed by atoms with van der Waals surface area (Å²) in [6.07, 6.45) is -7.50. The van der Waals surface area contributed by atoms with Crippen molar-refractivity contribution in [2.75, 3.05) is 5.88 Å². The number of hydrogen-bond donors (Lipinski definition) is 0. The van der Waals surface area contributed by atoms with Crippen LogP contribution >= 0.6 is 11.6 Å². The van der Waals surface area contributed by atoms with Crippen LogP contribution < -0.4 is 0 Å². The number of rotatable bonds is 3. The first-order chi connectivity index (χ1) is 8.68. The van der Waals surface area contributed by atoms with Gasteiger partial charge in [-0.05, 0) is 24.1 Å². The van der Waals surface area contributed by atoms with Crippen LogP contribution in [0.25, 0.3) is 6.08 Å². The lowest BCUT2D eigenvalue weighted by Crippen LogP contribution is -2.14. The Morgan fingerprint density at radius 1 is 0.947 bits per heavy atom. The maximum Gasteiger partial charge on any atom is 0.417 e. The average Bonchev–Trinajstić information content (AvgIpc) is 2.26. The van der Waals surface area contributed by atoms with Gasteiger partial charge in [0.25, 0.3) is 0 Å². The van der Waals surface area contributed by atoms with Gasteiger partial charge in [-0.1, -0.05) is 18.2 Å². The molecule has 1 aromatic carbocycles. The molecule has 0 aliphatic carbocycles. The quantitative estimate of drug-likeness (QED) is 0.520. The molecule has 1 rings (SSSR count). The summed E-state index contributed by atoms with van der Waals surface area (Å²) in [4.78, 5) is 0. The van der Waals surface area contributed by atoms with Crippen molar-refractivity contribution < 1.29 is 26.3 Å². The van der Waals surface area contributed by atoms with Gasteiger partial charge in [-0.25, -0.2) is 0 Å². The fourth-order valence-corrected chi connectivity index (χ4v) is 1.63. The molecule has 0 radical (unpaired) electrons. The van der Waals surface area contributed by atoms with Gasteiger partial charge < -0.3 is 0 Å². The summed E-state index contributed by atoms with van der Waals surface area (Å²) in [5, 5.41) is 0. The highest BCUT2D eigenvalue weighted by Crippen LogP contribution is 2.39. The predicted octanol–water partition coefficient (Wildman–Crippen LogP) is 5.37. The molecule has 7 heteroatoms. The number of alkyl halides is 7. The normalized spacial score (nSPS) is 13.2. The Bertz CT molecular complexity index is 426. The standard InChI is InChI=1S/C12H9ClF6/c13-7-2-1-4-8-9(11(14,15)16)5-3-6-10(8)12(17,18)19/h1,3-6H,2,7H2. The SMILES string of the molecule is FC(F)(F)c1cccc(C(F)(F)F)c1C=CCCCl. The highest BCUT2D eigenvalue weighted by molar-refractivity contribution is 6.17. The van der Waals surface area contributed by atoms with Crippen LogP contribution in [0.5, 0.6) is 0 Å². The monoisotopic (exact) mass is 302 g/mol. The van der Waals surface area contributed by atoms with E-state index >= 15 is 0 Å².